The predicted molar refractivity (Wildman–Crippen MR) is 61.8 cm³/mol. The van der Waals surface area contributed by atoms with E-state index in [9.17, 15) is 0 Å². The maximum atomic E-state index is 5.38. The van der Waals surface area contributed by atoms with E-state index in [1.807, 2.05) is 0 Å². The summed E-state index contributed by atoms with van der Waals surface area (Å²) in [4.78, 5) is 0. The van der Waals surface area contributed by atoms with Crippen LogP contribution in [0, 0.1) is 0 Å². The molecule has 0 aromatic carbocycles. The number of rotatable bonds is 9. The minimum Gasteiger partial charge on any atom is -0.318 e. The summed E-state index contributed by atoms with van der Waals surface area (Å²) in [6.45, 7) is 8.04. The van der Waals surface area contributed by atoms with Crippen molar-refractivity contribution in [1.29, 1.82) is 0 Å². The molecule has 0 saturated carbocycles. The Morgan fingerprint density at radius 1 is 1.14 bits per heavy atom. The first kappa shape index (κ1) is 13.8. The quantitative estimate of drug-likeness (QED) is 0.251. The van der Waals surface area contributed by atoms with Crippen molar-refractivity contribution in [1.82, 2.24) is 16.2 Å². The normalized spacial score (nSPS) is 13.5. The van der Waals surface area contributed by atoms with Gasteiger partial charge in [0, 0.05) is 25.3 Å². The molecule has 0 saturated heterocycles. The lowest BCUT2D eigenvalue weighted by molar-refractivity contribution is 0.443. The fourth-order valence-corrected chi connectivity index (χ4v) is 1.24. The van der Waals surface area contributed by atoms with Crippen LogP contribution < -0.4 is 21.9 Å². The van der Waals surface area contributed by atoms with Crippen molar-refractivity contribution < 1.29 is 0 Å². The largest absolute Gasteiger partial charge is 0.318 e. The van der Waals surface area contributed by atoms with Gasteiger partial charge >= 0.3 is 0 Å². The Balaban J connectivity index is 3.05. The van der Waals surface area contributed by atoms with Crippen LogP contribution in [0.15, 0.2) is 0 Å². The first-order valence-corrected chi connectivity index (χ1v) is 5.58. The van der Waals surface area contributed by atoms with Gasteiger partial charge in [-0.2, -0.15) is 0 Å². The number of hydrogen-bond acceptors (Lipinski definition) is 4. The smallest absolute Gasteiger partial charge is 0.0430 e. The SMILES string of the molecule is CC(C)NNCCCCC(C)NCN. The van der Waals surface area contributed by atoms with Crippen LogP contribution in [0.25, 0.3) is 0 Å². The summed E-state index contributed by atoms with van der Waals surface area (Å²) in [5, 5.41) is 3.20. The van der Waals surface area contributed by atoms with Crippen LogP contribution in [0.4, 0.5) is 0 Å². The van der Waals surface area contributed by atoms with Crippen molar-refractivity contribution >= 4 is 0 Å². The van der Waals surface area contributed by atoms with E-state index in [2.05, 4.69) is 36.9 Å². The lowest BCUT2D eigenvalue weighted by atomic mass is 10.1. The molecule has 14 heavy (non-hydrogen) atoms. The van der Waals surface area contributed by atoms with Gasteiger partial charge in [0.05, 0.1) is 0 Å². The maximum Gasteiger partial charge on any atom is 0.0430 e. The Bertz CT molecular complexity index is 117. The van der Waals surface area contributed by atoms with Crippen molar-refractivity contribution in [2.24, 2.45) is 5.73 Å². The number of hydrazine groups is 1. The van der Waals surface area contributed by atoms with E-state index < -0.39 is 0 Å². The molecule has 0 bridgehead atoms. The van der Waals surface area contributed by atoms with Crippen molar-refractivity contribution in [2.45, 2.75) is 52.1 Å². The summed E-state index contributed by atoms with van der Waals surface area (Å²) < 4.78 is 0. The average Bonchev–Trinajstić information content (AvgIpc) is 2.11. The highest BCUT2D eigenvalue weighted by Crippen LogP contribution is 1.98. The molecule has 0 amide bonds. The lowest BCUT2D eigenvalue weighted by Gasteiger charge is -2.12. The molecule has 0 aromatic rings. The van der Waals surface area contributed by atoms with Gasteiger partial charge in [0.25, 0.3) is 0 Å². The first-order chi connectivity index (χ1) is 6.66. The van der Waals surface area contributed by atoms with E-state index in [0.717, 1.165) is 6.54 Å². The summed E-state index contributed by atoms with van der Waals surface area (Å²) in [6, 6.07) is 1.05. The molecule has 4 nitrogen and oxygen atoms in total. The fraction of sp³-hybridized carbons (Fsp3) is 1.00. The third-order valence-electron chi connectivity index (χ3n) is 2.05. The van der Waals surface area contributed by atoms with Crippen LogP contribution in [0.5, 0.6) is 0 Å². The Morgan fingerprint density at radius 2 is 1.86 bits per heavy atom. The molecule has 0 fully saturated rings. The third-order valence-corrected chi connectivity index (χ3v) is 2.05. The minimum absolute atomic E-state index is 0.507. The summed E-state index contributed by atoms with van der Waals surface area (Å²) in [5.74, 6) is 0. The zero-order chi connectivity index (χ0) is 10.8. The predicted octanol–water partition coefficient (Wildman–Crippen LogP) is 0.554. The Morgan fingerprint density at radius 3 is 2.43 bits per heavy atom. The monoisotopic (exact) mass is 202 g/mol. The molecule has 5 N–H and O–H groups in total. The van der Waals surface area contributed by atoms with E-state index in [4.69, 9.17) is 5.73 Å². The second kappa shape index (κ2) is 9.40. The van der Waals surface area contributed by atoms with Gasteiger partial charge < -0.3 is 11.1 Å². The second-order valence-electron chi connectivity index (χ2n) is 4.03. The molecule has 0 spiro atoms. The molecule has 86 valence electrons. The molecule has 0 rings (SSSR count). The van der Waals surface area contributed by atoms with Gasteiger partial charge in [-0.05, 0) is 33.6 Å². The van der Waals surface area contributed by atoms with Crippen LogP contribution in [-0.2, 0) is 0 Å². The molecule has 0 aliphatic heterocycles. The number of hydrogen-bond donors (Lipinski definition) is 4. The zero-order valence-electron chi connectivity index (χ0n) is 9.77. The zero-order valence-corrected chi connectivity index (χ0v) is 9.77. The van der Waals surface area contributed by atoms with Gasteiger partial charge in [0.2, 0.25) is 0 Å². The standard InChI is InChI=1S/C10H26N4/c1-9(2)14-13-7-5-4-6-10(3)12-8-11/h9-10,12-14H,4-8,11H2,1-3H3. The summed E-state index contributed by atoms with van der Waals surface area (Å²) in [6.07, 6.45) is 3.64. The molecular formula is C10H26N4. The summed E-state index contributed by atoms with van der Waals surface area (Å²) in [5.41, 5.74) is 11.7. The first-order valence-electron chi connectivity index (χ1n) is 5.58. The molecule has 0 radical (unpaired) electrons. The van der Waals surface area contributed by atoms with E-state index in [1.165, 1.54) is 19.3 Å². The van der Waals surface area contributed by atoms with Crippen molar-refractivity contribution in [3.63, 3.8) is 0 Å². The van der Waals surface area contributed by atoms with Gasteiger partial charge in [-0.15, -0.1) is 0 Å². The van der Waals surface area contributed by atoms with E-state index >= 15 is 0 Å². The molecule has 4 heteroatoms. The van der Waals surface area contributed by atoms with Crippen LogP contribution >= 0.6 is 0 Å². The molecule has 1 atom stereocenters. The minimum atomic E-state index is 0.507. The molecular weight excluding hydrogens is 176 g/mol. The molecule has 0 aliphatic carbocycles. The average molecular weight is 202 g/mol. The third kappa shape index (κ3) is 9.92. The Hall–Kier alpha value is -0.160. The van der Waals surface area contributed by atoms with Crippen LogP contribution in [0.3, 0.4) is 0 Å². The van der Waals surface area contributed by atoms with E-state index in [1.54, 1.807) is 0 Å². The lowest BCUT2D eigenvalue weighted by Crippen LogP contribution is -2.38. The molecule has 0 aromatic heterocycles. The topological polar surface area (TPSA) is 62.1 Å². The van der Waals surface area contributed by atoms with Gasteiger partial charge in [0.15, 0.2) is 0 Å². The van der Waals surface area contributed by atoms with E-state index in [0.29, 0.717) is 18.8 Å². The number of unbranched alkanes of at least 4 members (excludes halogenated alkanes) is 1. The van der Waals surface area contributed by atoms with Crippen LogP contribution in [-0.4, -0.2) is 25.3 Å². The summed E-state index contributed by atoms with van der Waals surface area (Å²) >= 11 is 0. The van der Waals surface area contributed by atoms with Gasteiger partial charge in [-0.25, -0.2) is 0 Å². The van der Waals surface area contributed by atoms with Crippen LogP contribution in [0.1, 0.15) is 40.0 Å². The van der Waals surface area contributed by atoms with Crippen molar-refractivity contribution in [3.05, 3.63) is 0 Å². The second-order valence-corrected chi connectivity index (χ2v) is 4.03. The highest BCUT2D eigenvalue weighted by molar-refractivity contribution is 4.59. The molecule has 0 heterocycles. The molecule has 0 aliphatic rings. The molecule has 1 unspecified atom stereocenters. The fourth-order valence-electron chi connectivity index (χ4n) is 1.24. The highest BCUT2D eigenvalue weighted by Gasteiger charge is 1.98. The highest BCUT2D eigenvalue weighted by atomic mass is 15.4. The van der Waals surface area contributed by atoms with Crippen molar-refractivity contribution in [3.8, 4) is 0 Å². The van der Waals surface area contributed by atoms with Gasteiger partial charge in [-0.3, -0.25) is 10.9 Å². The Kier molecular flexibility index (Phi) is 9.29. The van der Waals surface area contributed by atoms with Gasteiger partial charge in [0.1, 0.15) is 0 Å². The van der Waals surface area contributed by atoms with Gasteiger partial charge in [-0.1, -0.05) is 6.42 Å². The number of nitrogens with two attached hydrogens (primary N) is 1. The summed E-state index contributed by atoms with van der Waals surface area (Å²) in [7, 11) is 0. The van der Waals surface area contributed by atoms with Crippen LogP contribution in [0.2, 0.25) is 0 Å². The van der Waals surface area contributed by atoms with E-state index in [-0.39, 0.29) is 0 Å². The maximum absolute atomic E-state index is 5.38. The van der Waals surface area contributed by atoms with Crippen molar-refractivity contribution in [2.75, 3.05) is 13.2 Å². The number of nitrogens with one attached hydrogen (secondary N) is 3. The Labute approximate surface area is 88.0 Å².